The van der Waals surface area contributed by atoms with Gasteiger partial charge in [-0.1, -0.05) is 12.1 Å². The smallest absolute Gasteiger partial charge is 0.325 e. The van der Waals surface area contributed by atoms with E-state index in [2.05, 4.69) is 0 Å². The van der Waals surface area contributed by atoms with Crippen LogP contribution in [-0.4, -0.2) is 40.8 Å². The number of esters is 1. The topological polar surface area (TPSA) is 83.9 Å². The fourth-order valence-corrected chi connectivity index (χ4v) is 2.51. The molecule has 0 aromatic heterocycles. The molecule has 1 aliphatic heterocycles. The molecule has 1 atom stereocenters. The lowest BCUT2D eigenvalue weighted by atomic mass is 9.97. The Morgan fingerprint density at radius 1 is 1.30 bits per heavy atom. The zero-order chi connectivity index (χ0) is 17.1. The molecule has 0 aliphatic carbocycles. The van der Waals surface area contributed by atoms with Crippen molar-refractivity contribution in [3.63, 3.8) is 0 Å². The Labute approximate surface area is 132 Å². The minimum absolute atomic E-state index is 0.120. The maximum Gasteiger partial charge on any atom is 0.325 e. The Morgan fingerprint density at radius 2 is 1.91 bits per heavy atom. The molecular weight excluding hydrogens is 305 g/mol. The van der Waals surface area contributed by atoms with Gasteiger partial charge in [-0.05, 0) is 31.5 Å². The van der Waals surface area contributed by atoms with Crippen LogP contribution in [0.3, 0.4) is 0 Å². The number of hydrogen-bond donors (Lipinski definition) is 1. The van der Waals surface area contributed by atoms with Gasteiger partial charge in [0.15, 0.2) is 11.5 Å². The Bertz CT molecular complexity index is 680. The molecule has 1 N–H and O–H groups in total. The third-order valence-electron chi connectivity index (χ3n) is 3.47. The zero-order valence-corrected chi connectivity index (χ0v) is 12.7. The van der Waals surface area contributed by atoms with Crippen LogP contribution in [0.4, 0.5) is 4.39 Å². The molecule has 1 amide bonds. The number of aliphatic hydroxyl groups is 1. The van der Waals surface area contributed by atoms with E-state index in [1.807, 2.05) is 0 Å². The molecular formula is C16H16FNO5. The number of carbonyl (C=O) groups excluding carboxylic acids is 3. The maximum atomic E-state index is 13.1. The Morgan fingerprint density at radius 3 is 2.43 bits per heavy atom. The number of Topliss-reactive ketones (excluding diaryl/α,β-unsaturated/α-hetero) is 1. The molecule has 0 saturated heterocycles. The van der Waals surface area contributed by atoms with Gasteiger partial charge in [-0.3, -0.25) is 14.4 Å². The molecule has 0 radical (unpaired) electrons. The van der Waals surface area contributed by atoms with Crippen molar-refractivity contribution >= 4 is 17.7 Å². The van der Waals surface area contributed by atoms with Gasteiger partial charge in [0, 0.05) is 0 Å². The van der Waals surface area contributed by atoms with Crippen LogP contribution < -0.4 is 0 Å². The third-order valence-corrected chi connectivity index (χ3v) is 3.47. The summed E-state index contributed by atoms with van der Waals surface area (Å²) in [6.45, 7) is 2.55. The number of amides is 1. The standard InChI is InChI=1S/C16H16FNO5/c1-3-23-12(20)8-18-14(10-4-6-11(17)7-5-10)13(9(2)19)15(21)16(18)22/h4-7,14,21H,3,8H2,1-2H3/t14-/m0/s1. The van der Waals surface area contributed by atoms with E-state index in [1.165, 1.54) is 31.2 Å². The van der Waals surface area contributed by atoms with Crippen LogP contribution in [0, 0.1) is 5.82 Å². The van der Waals surface area contributed by atoms with Gasteiger partial charge in [0.1, 0.15) is 12.4 Å². The van der Waals surface area contributed by atoms with E-state index in [4.69, 9.17) is 4.74 Å². The first-order valence-corrected chi connectivity index (χ1v) is 7.03. The highest BCUT2D eigenvalue weighted by atomic mass is 19.1. The highest BCUT2D eigenvalue weighted by Gasteiger charge is 2.43. The number of ketones is 1. The van der Waals surface area contributed by atoms with Gasteiger partial charge in [-0.15, -0.1) is 0 Å². The van der Waals surface area contributed by atoms with E-state index in [1.54, 1.807) is 6.92 Å². The van der Waals surface area contributed by atoms with Crippen LogP contribution in [0.15, 0.2) is 35.6 Å². The van der Waals surface area contributed by atoms with E-state index in [-0.39, 0.29) is 12.2 Å². The fourth-order valence-electron chi connectivity index (χ4n) is 2.51. The summed E-state index contributed by atoms with van der Waals surface area (Å²) >= 11 is 0. The second-order valence-corrected chi connectivity index (χ2v) is 5.01. The predicted molar refractivity (Wildman–Crippen MR) is 77.8 cm³/mol. The normalized spacial score (nSPS) is 17.6. The predicted octanol–water partition coefficient (Wildman–Crippen LogP) is 1.67. The summed E-state index contributed by atoms with van der Waals surface area (Å²) in [5, 5.41) is 9.97. The molecule has 1 aromatic carbocycles. The monoisotopic (exact) mass is 321 g/mol. The zero-order valence-electron chi connectivity index (χ0n) is 12.7. The van der Waals surface area contributed by atoms with Crippen LogP contribution >= 0.6 is 0 Å². The maximum absolute atomic E-state index is 13.1. The van der Waals surface area contributed by atoms with Gasteiger partial charge in [0.2, 0.25) is 0 Å². The number of nitrogens with zero attached hydrogens (tertiary/aromatic N) is 1. The van der Waals surface area contributed by atoms with E-state index in [0.717, 1.165) is 4.90 Å². The SMILES string of the molecule is CCOC(=O)CN1C(=O)C(O)=C(C(C)=O)[C@@H]1c1ccc(F)cc1. The molecule has 122 valence electrons. The Kier molecular flexibility index (Phi) is 4.78. The minimum atomic E-state index is -0.954. The van der Waals surface area contributed by atoms with Crippen molar-refractivity contribution in [2.45, 2.75) is 19.9 Å². The van der Waals surface area contributed by atoms with Crippen molar-refractivity contribution in [3.05, 3.63) is 47.0 Å². The number of hydrogen-bond acceptors (Lipinski definition) is 5. The van der Waals surface area contributed by atoms with E-state index >= 15 is 0 Å². The molecule has 0 fully saturated rings. The number of carbonyl (C=O) groups is 3. The average Bonchev–Trinajstić information content (AvgIpc) is 2.73. The first kappa shape index (κ1) is 16.7. The van der Waals surface area contributed by atoms with Gasteiger partial charge in [0.05, 0.1) is 18.2 Å². The summed E-state index contributed by atoms with van der Waals surface area (Å²) < 4.78 is 17.9. The lowest BCUT2D eigenvalue weighted by Gasteiger charge is -2.25. The number of halogens is 1. The second-order valence-electron chi connectivity index (χ2n) is 5.01. The van der Waals surface area contributed by atoms with Gasteiger partial charge in [0.25, 0.3) is 5.91 Å². The van der Waals surface area contributed by atoms with Crippen molar-refractivity contribution in [3.8, 4) is 0 Å². The molecule has 0 unspecified atom stereocenters. The average molecular weight is 321 g/mol. The lowest BCUT2D eigenvalue weighted by Crippen LogP contribution is -2.36. The summed E-state index contributed by atoms with van der Waals surface area (Å²) in [5.41, 5.74) is 0.296. The van der Waals surface area contributed by atoms with Crippen LogP contribution in [0.25, 0.3) is 0 Å². The van der Waals surface area contributed by atoms with Crippen molar-refractivity contribution in [1.82, 2.24) is 4.90 Å². The molecule has 1 aromatic rings. The van der Waals surface area contributed by atoms with Crippen LogP contribution in [0.2, 0.25) is 0 Å². The summed E-state index contributed by atoms with van der Waals surface area (Å²) in [6, 6.07) is 4.19. The van der Waals surface area contributed by atoms with E-state index in [0.29, 0.717) is 5.56 Å². The second kappa shape index (κ2) is 6.60. The highest BCUT2D eigenvalue weighted by molar-refractivity contribution is 6.08. The molecule has 6 nitrogen and oxygen atoms in total. The molecule has 1 aliphatic rings. The first-order chi connectivity index (χ1) is 10.9. The Hall–Kier alpha value is -2.70. The van der Waals surface area contributed by atoms with Gasteiger partial charge >= 0.3 is 5.97 Å². The van der Waals surface area contributed by atoms with Crippen molar-refractivity contribution in [2.24, 2.45) is 0 Å². The summed E-state index contributed by atoms with van der Waals surface area (Å²) in [6.07, 6.45) is 0. The van der Waals surface area contributed by atoms with E-state index in [9.17, 15) is 23.9 Å². The molecule has 23 heavy (non-hydrogen) atoms. The van der Waals surface area contributed by atoms with Crippen LogP contribution in [-0.2, 0) is 19.1 Å². The highest BCUT2D eigenvalue weighted by Crippen LogP contribution is 2.37. The lowest BCUT2D eigenvalue weighted by molar-refractivity contribution is -0.148. The molecule has 7 heteroatoms. The molecule has 0 bridgehead atoms. The van der Waals surface area contributed by atoms with Gasteiger partial charge in [-0.25, -0.2) is 4.39 Å². The fraction of sp³-hybridized carbons (Fsp3) is 0.312. The number of aliphatic hydroxyl groups excluding tert-OH is 1. The molecule has 1 heterocycles. The summed E-state index contributed by atoms with van der Waals surface area (Å²) in [5.74, 6) is -3.18. The van der Waals surface area contributed by atoms with Gasteiger partial charge < -0.3 is 14.7 Å². The molecule has 0 saturated carbocycles. The molecule has 0 spiro atoms. The van der Waals surface area contributed by atoms with Crippen molar-refractivity contribution in [1.29, 1.82) is 0 Å². The summed E-state index contributed by atoms with van der Waals surface area (Å²) in [4.78, 5) is 36.8. The van der Waals surface area contributed by atoms with Gasteiger partial charge in [-0.2, -0.15) is 0 Å². The van der Waals surface area contributed by atoms with Crippen molar-refractivity contribution in [2.75, 3.05) is 13.2 Å². The minimum Gasteiger partial charge on any atom is -0.503 e. The van der Waals surface area contributed by atoms with Crippen LogP contribution in [0.5, 0.6) is 0 Å². The van der Waals surface area contributed by atoms with Crippen molar-refractivity contribution < 1.29 is 28.6 Å². The van der Waals surface area contributed by atoms with Crippen LogP contribution in [0.1, 0.15) is 25.5 Å². The molecule has 2 rings (SSSR count). The number of rotatable bonds is 5. The first-order valence-electron chi connectivity index (χ1n) is 7.03. The largest absolute Gasteiger partial charge is 0.503 e. The summed E-state index contributed by atoms with van der Waals surface area (Å²) in [7, 11) is 0. The quantitative estimate of drug-likeness (QED) is 0.834. The number of ether oxygens (including phenoxy) is 1. The third kappa shape index (κ3) is 3.23. The number of benzene rings is 1. The Balaban J connectivity index is 2.44. The van der Waals surface area contributed by atoms with E-state index < -0.39 is 41.8 Å².